The fourth-order valence-electron chi connectivity index (χ4n) is 5.03. The monoisotopic (exact) mass is 735 g/mol. The SMILES string of the molecule is CC/C=C\C/C=C\C/C=C\C/C=C\CCCCC(=O)OCC(COC(=O)CCCCCCCCC)OC(=O)CC/C=C\C/C=C\C/C=C\C/C=C\CC. The Hall–Kier alpha value is -3.67. The maximum atomic E-state index is 12.6. The molecule has 1 unspecified atom stereocenters. The Balaban J connectivity index is 4.54. The van der Waals surface area contributed by atoms with E-state index in [1.54, 1.807) is 0 Å². The zero-order valence-corrected chi connectivity index (χ0v) is 33.7. The minimum atomic E-state index is -0.828. The van der Waals surface area contributed by atoms with Gasteiger partial charge in [0.15, 0.2) is 6.10 Å². The highest BCUT2D eigenvalue weighted by Gasteiger charge is 2.19. The molecule has 6 nitrogen and oxygen atoms in total. The van der Waals surface area contributed by atoms with Gasteiger partial charge in [-0.1, -0.05) is 157 Å². The van der Waals surface area contributed by atoms with Gasteiger partial charge in [-0.25, -0.2) is 0 Å². The number of hydrogen-bond acceptors (Lipinski definition) is 6. The molecule has 53 heavy (non-hydrogen) atoms. The fourth-order valence-corrected chi connectivity index (χ4v) is 5.03. The Morgan fingerprint density at radius 1 is 0.396 bits per heavy atom. The van der Waals surface area contributed by atoms with Crippen molar-refractivity contribution in [3.05, 3.63) is 97.2 Å². The van der Waals surface area contributed by atoms with Gasteiger partial charge in [-0.05, 0) is 83.5 Å². The van der Waals surface area contributed by atoms with Crippen LogP contribution in [0.4, 0.5) is 0 Å². The summed E-state index contributed by atoms with van der Waals surface area (Å²) in [5.74, 6) is -1.07. The van der Waals surface area contributed by atoms with Crippen LogP contribution in [0.25, 0.3) is 0 Å². The van der Waals surface area contributed by atoms with E-state index in [1.807, 2.05) is 12.2 Å². The van der Waals surface area contributed by atoms with E-state index in [4.69, 9.17) is 14.2 Å². The number of unbranched alkanes of at least 4 members (excludes halogenated alkanes) is 8. The first kappa shape index (κ1) is 49.3. The molecule has 1 atom stereocenters. The minimum Gasteiger partial charge on any atom is -0.462 e. The molecule has 0 heterocycles. The van der Waals surface area contributed by atoms with Crippen LogP contribution in [0.15, 0.2) is 97.2 Å². The zero-order valence-electron chi connectivity index (χ0n) is 33.7. The summed E-state index contributed by atoms with van der Waals surface area (Å²) in [6.45, 7) is 6.22. The third-order valence-corrected chi connectivity index (χ3v) is 8.10. The van der Waals surface area contributed by atoms with Crippen LogP contribution < -0.4 is 0 Å². The van der Waals surface area contributed by atoms with Crippen LogP contribution in [0.1, 0.15) is 162 Å². The second kappa shape index (κ2) is 41.1. The van der Waals surface area contributed by atoms with Gasteiger partial charge in [0, 0.05) is 19.3 Å². The standard InChI is InChI=1S/C47H74O6/c1-4-7-10-13-16-18-20-22-23-25-26-28-31-34-37-40-46(49)52-43-44(42-51-45(48)39-36-33-30-15-12-9-6-3)53-47(50)41-38-35-32-29-27-24-21-19-17-14-11-8-5-2/h7-8,10-11,16-19,22-24,26-28,32,35,44H,4-6,9,12-15,20-21,25,29-31,33-34,36-43H2,1-3H3/b10-7-,11-8-,18-16-,19-17-,23-22-,27-24-,28-26-,35-32-. The summed E-state index contributed by atoms with van der Waals surface area (Å²) in [6, 6.07) is 0. The van der Waals surface area contributed by atoms with Crippen LogP contribution in [0.5, 0.6) is 0 Å². The number of carbonyl (C=O) groups is 3. The van der Waals surface area contributed by atoms with E-state index in [0.29, 0.717) is 19.3 Å². The zero-order chi connectivity index (χ0) is 38.7. The van der Waals surface area contributed by atoms with Gasteiger partial charge in [0.25, 0.3) is 0 Å². The Kier molecular flexibility index (Phi) is 38.2. The molecule has 0 rings (SSSR count). The van der Waals surface area contributed by atoms with Crippen LogP contribution in [0.2, 0.25) is 0 Å². The molecule has 0 aliphatic carbocycles. The highest BCUT2D eigenvalue weighted by molar-refractivity contribution is 5.71. The van der Waals surface area contributed by atoms with Gasteiger partial charge < -0.3 is 14.2 Å². The van der Waals surface area contributed by atoms with Crippen LogP contribution in [-0.4, -0.2) is 37.2 Å². The van der Waals surface area contributed by atoms with Crippen LogP contribution in [-0.2, 0) is 28.6 Å². The molecule has 0 amide bonds. The van der Waals surface area contributed by atoms with Crippen molar-refractivity contribution in [1.29, 1.82) is 0 Å². The summed E-state index contributed by atoms with van der Waals surface area (Å²) in [5, 5.41) is 0. The van der Waals surface area contributed by atoms with Crippen LogP contribution in [0.3, 0.4) is 0 Å². The van der Waals surface area contributed by atoms with Crippen molar-refractivity contribution in [3.8, 4) is 0 Å². The van der Waals surface area contributed by atoms with Crippen molar-refractivity contribution in [2.45, 2.75) is 168 Å². The van der Waals surface area contributed by atoms with Gasteiger partial charge in [0.2, 0.25) is 0 Å². The van der Waals surface area contributed by atoms with Crippen molar-refractivity contribution >= 4 is 17.9 Å². The van der Waals surface area contributed by atoms with Crippen molar-refractivity contribution in [2.75, 3.05) is 13.2 Å². The van der Waals surface area contributed by atoms with E-state index < -0.39 is 12.1 Å². The lowest BCUT2D eigenvalue weighted by Gasteiger charge is -2.18. The first-order valence-electron chi connectivity index (χ1n) is 20.7. The van der Waals surface area contributed by atoms with Crippen LogP contribution in [0, 0.1) is 0 Å². The third-order valence-electron chi connectivity index (χ3n) is 8.10. The van der Waals surface area contributed by atoms with E-state index >= 15 is 0 Å². The molecule has 0 aromatic carbocycles. The number of hydrogen-bond donors (Lipinski definition) is 0. The van der Waals surface area contributed by atoms with Gasteiger partial charge >= 0.3 is 17.9 Å². The number of carbonyl (C=O) groups excluding carboxylic acids is 3. The van der Waals surface area contributed by atoms with E-state index in [9.17, 15) is 14.4 Å². The van der Waals surface area contributed by atoms with Crippen molar-refractivity contribution in [1.82, 2.24) is 0 Å². The first-order valence-corrected chi connectivity index (χ1v) is 20.7. The quantitative estimate of drug-likeness (QED) is 0.0279. The number of ether oxygens (including phenoxy) is 3. The molecule has 298 valence electrons. The third kappa shape index (κ3) is 39.4. The Morgan fingerprint density at radius 3 is 1.23 bits per heavy atom. The summed E-state index contributed by atoms with van der Waals surface area (Å²) in [6.07, 6.45) is 52.8. The second-order valence-corrected chi connectivity index (χ2v) is 13.1. The van der Waals surface area contributed by atoms with Crippen LogP contribution >= 0.6 is 0 Å². The molecule has 0 aliphatic rings. The molecule has 0 aromatic heterocycles. The average molecular weight is 735 g/mol. The van der Waals surface area contributed by atoms with Gasteiger partial charge in [0.05, 0.1) is 0 Å². The summed E-state index contributed by atoms with van der Waals surface area (Å²) in [4.78, 5) is 37.4. The number of esters is 3. The summed E-state index contributed by atoms with van der Waals surface area (Å²) in [5.41, 5.74) is 0. The molecule has 0 saturated heterocycles. The van der Waals surface area contributed by atoms with Gasteiger partial charge in [-0.15, -0.1) is 0 Å². The molecule has 6 heteroatoms. The van der Waals surface area contributed by atoms with E-state index in [-0.39, 0.29) is 38.0 Å². The molecular weight excluding hydrogens is 661 g/mol. The highest BCUT2D eigenvalue weighted by atomic mass is 16.6. The average Bonchev–Trinajstić information content (AvgIpc) is 3.15. The molecule has 0 aliphatic heterocycles. The van der Waals surface area contributed by atoms with E-state index in [2.05, 4.69) is 106 Å². The fraction of sp³-hybridized carbons (Fsp3) is 0.596. The molecule has 0 aromatic rings. The predicted octanol–water partition coefficient (Wildman–Crippen LogP) is 13.1. The predicted molar refractivity (Wildman–Crippen MR) is 224 cm³/mol. The highest BCUT2D eigenvalue weighted by Crippen LogP contribution is 2.10. The van der Waals surface area contributed by atoms with Crippen molar-refractivity contribution in [2.24, 2.45) is 0 Å². The molecule has 0 saturated carbocycles. The molecule has 0 N–H and O–H groups in total. The summed E-state index contributed by atoms with van der Waals surface area (Å²) in [7, 11) is 0. The summed E-state index contributed by atoms with van der Waals surface area (Å²) < 4.78 is 16.5. The maximum absolute atomic E-state index is 12.6. The Bertz CT molecular complexity index is 1120. The molecule has 0 radical (unpaired) electrons. The number of rotatable bonds is 35. The van der Waals surface area contributed by atoms with Gasteiger partial charge in [0.1, 0.15) is 13.2 Å². The second-order valence-electron chi connectivity index (χ2n) is 13.1. The maximum Gasteiger partial charge on any atom is 0.306 e. The molecule has 0 bridgehead atoms. The summed E-state index contributed by atoms with van der Waals surface area (Å²) >= 11 is 0. The molecule has 0 fully saturated rings. The first-order chi connectivity index (χ1) is 26.0. The lowest BCUT2D eigenvalue weighted by atomic mass is 10.1. The Labute approximate surface area is 324 Å². The normalized spacial score (nSPS) is 13.0. The smallest absolute Gasteiger partial charge is 0.306 e. The van der Waals surface area contributed by atoms with E-state index in [0.717, 1.165) is 83.5 Å². The van der Waals surface area contributed by atoms with Crippen molar-refractivity contribution in [3.63, 3.8) is 0 Å². The minimum absolute atomic E-state index is 0.121. The van der Waals surface area contributed by atoms with E-state index in [1.165, 1.54) is 25.7 Å². The largest absolute Gasteiger partial charge is 0.462 e. The van der Waals surface area contributed by atoms with Crippen molar-refractivity contribution < 1.29 is 28.6 Å². The van der Waals surface area contributed by atoms with Gasteiger partial charge in [-0.2, -0.15) is 0 Å². The van der Waals surface area contributed by atoms with Gasteiger partial charge in [-0.3, -0.25) is 14.4 Å². The Morgan fingerprint density at radius 2 is 0.774 bits per heavy atom. The number of allylic oxidation sites excluding steroid dienone is 16. The molecular formula is C47H74O6. The lowest BCUT2D eigenvalue weighted by molar-refractivity contribution is -0.166. The molecule has 0 spiro atoms. The lowest BCUT2D eigenvalue weighted by Crippen LogP contribution is -2.30. The topological polar surface area (TPSA) is 78.9 Å².